The van der Waals surface area contributed by atoms with Crippen LogP contribution in [-0.4, -0.2) is 55.6 Å². The van der Waals surface area contributed by atoms with Crippen molar-refractivity contribution >= 4 is 15.9 Å². The van der Waals surface area contributed by atoms with Crippen molar-refractivity contribution in [3.05, 3.63) is 29.6 Å². The molecule has 1 aliphatic heterocycles. The first-order valence-electron chi connectivity index (χ1n) is 11.4. The lowest BCUT2D eigenvalue weighted by atomic mass is 10.1. The molecule has 3 N–H and O–H groups in total. The Morgan fingerprint density at radius 3 is 2.66 bits per heavy atom. The Morgan fingerprint density at radius 1 is 1.28 bits per heavy atom. The van der Waals surface area contributed by atoms with Gasteiger partial charge in [-0.15, -0.1) is 0 Å². The summed E-state index contributed by atoms with van der Waals surface area (Å²) in [5.74, 6) is 0.0469. The van der Waals surface area contributed by atoms with E-state index in [1.807, 2.05) is 0 Å². The Bertz CT molecular complexity index is 949. The van der Waals surface area contributed by atoms with Crippen molar-refractivity contribution in [3.8, 4) is 5.75 Å². The molecule has 178 valence electrons. The molecule has 2 saturated carbocycles. The zero-order valence-electron chi connectivity index (χ0n) is 18.3. The van der Waals surface area contributed by atoms with Crippen LogP contribution in [0.5, 0.6) is 5.75 Å². The van der Waals surface area contributed by atoms with E-state index >= 15 is 0 Å². The average Bonchev–Trinajstić information content (AvgIpc) is 3.65. The zero-order chi connectivity index (χ0) is 22.9. The first-order valence-corrected chi connectivity index (χ1v) is 13.0. The van der Waals surface area contributed by atoms with Crippen LogP contribution in [0.4, 0.5) is 4.39 Å². The van der Waals surface area contributed by atoms with Crippen molar-refractivity contribution in [2.75, 3.05) is 18.9 Å². The Morgan fingerprint density at radius 2 is 2.03 bits per heavy atom. The van der Waals surface area contributed by atoms with Gasteiger partial charge in [-0.3, -0.25) is 4.79 Å². The van der Waals surface area contributed by atoms with Crippen LogP contribution in [-0.2, 0) is 20.4 Å². The van der Waals surface area contributed by atoms with Crippen LogP contribution in [0, 0.1) is 11.7 Å². The van der Waals surface area contributed by atoms with Gasteiger partial charge in [-0.1, -0.05) is 12.5 Å². The highest BCUT2D eigenvalue weighted by Crippen LogP contribution is 2.47. The third-order valence-electron chi connectivity index (χ3n) is 6.55. The van der Waals surface area contributed by atoms with Crippen molar-refractivity contribution < 1.29 is 27.4 Å². The highest BCUT2D eigenvalue weighted by atomic mass is 32.2. The van der Waals surface area contributed by atoms with Crippen LogP contribution in [0.25, 0.3) is 0 Å². The summed E-state index contributed by atoms with van der Waals surface area (Å²) in [4.78, 5) is 13.2. The van der Waals surface area contributed by atoms with E-state index in [4.69, 9.17) is 4.74 Å². The number of ether oxygens (including phenoxy) is 1. The van der Waals surface area contributed by atoms with Gasteiger partial charge >= 0.3 is 0 Å². The van der Waals surface area contributed by atoms with Crippen LogP contribution in [0.2, 0.25) is 0 Å². The monoisotopic (exact) mass is 469 g/mol. The predicted molar refractivity (Wildman–Crippen MR) is 117 cm³/mol. The van der Waals surface area contributed by atoms with Gasteiger partial charge in [0.05, 0.1) is 23.9 Å². The van der Waals surface area contributed by atoms with Crippen LogP contribution in [0.3, 0.4) is 0 Å². The van der Waals surface area contributed by atoms with Crippen molar-refractivity contribution in [1.82, 2.24) is 14.9 Å². The van der Waals surface area contributed by atoms with Crippen molar-refractivity contribution in [2.24, 2.45) is 5.92 Å². The van der Waals surface area contributed by atoms with Gasteiger partial charge in [0.25, 0.3) is 0 Å². The van der Waals surface area contributed by atoms with E-state index in [0.717, 1.165) is 18.4 Å². The molecule has 1 aromatic rings. The van der Waals surface area contributed by atoms with Gasteiger partial charge in [-0.2, -0.15) is 0 Å². The van der Waals surface area contributed by atoms with Gasteiger partial charge in [0.2, 0.25) is 15.9 Å². The number of nitrogens with zero attached hydrogens (tertiary/aromatic N) is 1. The Balaban J connectivity index is 1.26. The molecule has 32 heavy (non-hydrogen) atoms. The molecule has 10 heteroatoms. The second kappa shape index (κ2) is 9.24. The summed E-state index contributed by atoms with van der Waals surface area (Å²) in [6.45, 7) is 2.74. The SMILES string of the molecule is C[C@@H]1C(=O)NC(O)N1CCCCCS(=O)(=O)NC1(c2ccc(F)c(OCC3CC3)c2)CC1. The number of benzene rings is 1. The number of sulfonamides is 1. The number of halogens is 1. The maximum atomic E-state index is 14.1. The first kappa shape index (κ1) is 23.4. The summed E-state index contributed by atoms with van der Waals surface area (Å²) >= 11 is 0. The quantitative estimate of drug-likeness (QED) is 0.403. The molecule has 0 radical (unpaired) electrons. The van der Waals surface area contributed by atoms with E-state index in [2.05, 4.69) is 10.0 Å². The van der Waals surface area contributed by atoms with E-state index in [9.17, 15) is 22.7 Å². The molecule has 2 aliphatic carbocycles. The van der Waals surface area contributed by atoms with Gasteiger partial charge in [0.15, 0.2) is 17.9 Å². The van der Waals surface area contributed by atoms with Crippen molar-refractivity contribution in [2.45, 2.75) is 69.8 Å². The molecular formula is C22H32FN3O5S. The second-order valence-corrected chi connectivity index (χ2v) is 11.1. The Labute approximate surface area is 188 Å². The minimum atomic E-state index is -3.51. The number of nitrogens with one attached hydrogen (secondary N) is 2. The van der Waals surface area contributed by atoms with E-state index in [1.54, 1.807) is 24.0 Å². The Hall–Kier alpha value is -1.75. The molecular weight excluding hydrogens is 437 g/mol. The lowest BCUT2D eigenvalue weighted by molar-refractivity contribution is -0.121. The second-order valence-electron chi connectivity index (χ2n) is 9.26. The number of hydrogen-bond acceptors (Lipinski definition) is 6. The predicted octanol–water partition coefficient (Wildman–Crippen LogP) is 1.79. The number of unbranched alkanes of at least 4 members (excludes halogenated alkanes) is 2. The fourth-order valence-corrected chi connectivity index (χ4v) is 5.70. The van der Waals surface area contributed by atoms with E-state index in [-0.39, 0.29) is 23.5 Å². The number of aliphatic hydroxyl groups excluding tert-OH is 1. The minimum Gasteiger partial charge on any atom is -0.490 e. The number of carbonyl (C=O) groups excluding carboxylic acids is 1. The van der Waals surface area contributed by atoms with Gasteiger partial charge in [-0.25, -0.2) is 22.4 Å². The first-order chi connectivity index (χ1) is 15.2. The van der Waals surface area contributed by atoms with Crippen LogP contribution >= 0.6 is 0 Å². The smallest absolute Gasteiger partial charge is 0.240 e. The number of amides is 1. The molecule has 0 bridgehead atoms. The third kappa shape index (κ3) is 5.59. The topological polar surface area (TPSA) is 108 Å². The molecule has 1 unspecified atom stereocenters. The van der Waals surface area contributed by atoms with Crippen LogP contribution in [0.15, 0.2) is 18.2 Å². The van der Waals surface area contributed by atoms with E-state index < -0.39 is 27.7 Å². The summed E-state index contributed by atoms with van der Waals surface area (Å²) in [6.07, 6.45) is 4.40. The lowest BCUT2D eigenvalue weighted by Gasteiger charge is -2.22. The summed E-state index contributed by atoms with van der Waals surface area (Å²) in [5.41, 5.74) is 0.0631. The molecule has 1 saturated heterocycles. The average molecular weight is 470 g/mol. The van der Waals surface area contributed by atoms with E-state index in [0.29, 0.717) is 51.2 Å². The van der Waals surface area contributed by atoms with Gasteiger partial charge < -0.3 is 15.2 Å². The Kier molecular flexibility index (Phi) is 6.76. The van der Waals surface area contributed by atoms with Crippen molar-refractivity contribution in [3.63, 3.8) is 0 Å². The molecule has 0 spiro atoms. The van der Waals surface area contributed by atoms with E-state index in [1.165, 1.54) is 6.07 Å². The summed E-state index contributed by atoms with van der Waals surface area (Å²) in [7, 11) is -3.51. The highest BCUT2D eigenvalue weighted by molar-refractivity contribution is 7.89. The third-order valence-corrected chi connectivity index (χ3v) is 8.08. The minimum absolute atomic E-state index is 0.00370. The number of hydrogen-bond donors (Lipinski definition) is 3. The molecule has 1 amide bonds. The number of rotatable bonds is 12. The molecule has 1 aromatic carbocycles. The molecule has 3 fully saturated rings. The lowest BCUT2D eigenvalue weighted by Crippen LogP contribution is -2.38. The van der Waals surface area contributed by atoms with Gasteiger partial charge in [-0.05, 0) is 69.1 Å². The molecule has 1 heterocycles. The number of aliphatic hydroxyl groups is 1. The zero-order valence-corrected chi connectivity index (χ0v) is 19.2. The standard InChI is InChI=1S/C22H32FN3O5S/c1-15-20(27)24-21(28)26(15)11-3-2-4-12-32(29,30)25-22(9-10-22)17-7-8-18(23)19(13-17)31-14-16-5-6-16/h7-8,13,15-16,21,25,28H,2-6,9-12,14H2,1H3,(H,24,27)/t15-,21?/m1/s1. The fourth-order valence-electron chi connectivity index (χ4n) is 4.10. The summed E-state index contributed by atoms with van der Waals surface area (Å²) < 4.78 is 47.9. The number of carbonyl (C=O) groups is 1. The molecule has 3 aliphatic rings. The van der Waals surface area contributed by atoms with Gasteiger partial charge in [0.1, 0.15) is 0 Å². The maximum absolute atomic E-state index is 14.1. The van der Waals surface area contributed by atoms with Crippen molar-refractivity contribution in [1.29, 1.82) is 0 Å². The molecule has 8 nitrogen and oxygen atoms in total. The molecule has 2 atom stereocenters. The summed E-state index contributed by atoms with van der Waals surface area (Å²) in [5, 5.41) is 12.3. The van der Waals surface area contributed by atoms with Crippen LogP contribution in [0.1, 0.15) is 57.4 Å². The molecule has 4 rings (SSSR count). The fraction of sp³-hybridized carbons (Fsp3) is 0.682. The van der Waals surface area contributed by atoms with Crippen LogP contribution < -0.4 is 14.8 Å². The largest absolute Gasteiger partial charge is 0.490 e. The maximum Gasteiger partial charge on any atom is 0.240 e. The molecule has 0 aromatic heterocycles. The normalized spacial score (nSPS) is 25.0. The summed E-state index contributed by atoms with van der Waals surface area (Å²) in [6, 6.07) is 4.22. The van der Waals surface area contributed by atoms with Gasteiger partial charge in [0, 0.05) is 6.54 Å². The highest BCUT2D eigenvalue weighted by Gasteiger charge is 2.47.